The lowest BCUT2D eigenvalue weighted by molar-refractivity contribution is 0.270. The Hall–Kier alpha value is 1.14. The Labute approximate surface area is 276 Å². The molecule has 0 rings (SSSR count). The highest BCUT2D eigenvalue weighted by Gasteiger charge is 2.17. The van der Waals surface area contributed by atoms with Gasteiger partial charge in [0, 0.05) is 0 Å². The summed E-state index contributed by atoms with van der Waals surface area (Å²) < 4.78 is 0. The van der Waals surface area contributed by atoms with Crippen molar-refractivity contribution in [3.05, 3.63) is 12.7 Å². The molecular weight excluding hydrogens is 537 g/mol. The van der Waals surface area contributed by atoms with Crippen LogP contribution in [0.5, 0.6) is 0 Å². The van der Waals surface area contributed by atoms with Gasteiger partial charge in [0.15, 0.2) is 0 Å². The molecule has 0 aliphatic heterocycles. The van der Waals surface area contributed by atoms with Gasteiger partial charge >= 0.3 is 0 Å². The smallest absolute Gasteiger partial charge is 0.0154 e. The molecule has 0 saturated carbocycles. The van der Waals surface area contributed by atoms with Crippen molar-refractivity contribution < 1.29 is 0 Å². The quantitative estimate of drug-likeness (QED) is 0.190. The predicted octanol–water partition coefficient (Wildman–Crippen LogP) is 14.4. The van der Waals surface area contributed by atoms with Crippen molar-refractivity contribution in [1.29, 1.82) is 0 Å². The molecule has 0 aromatic heterocycles. The largest absolute Gasteiger partial charge is 0.197 e. The lowest BCUT2D eigenvalue weighted by Gasteiger charge is -2.25. The maximum atomic E-state index is 3.77. The van der Waals surface area contributed by atoms with Gasteiger partial charge in [0.1, 0.15) is 0 Å². The number of hydrogen-bond acceptors (Lipinski definition) is 0. The molecule has 0 nitrogen and oxygen atoms in total. The van der Waals surface area contributed by atoms with Gasteiger partial charge in [-0.15, -0.1) is 6.58 Å². The zero-order valence-electron chi connectivity index (χ0n) is 28.1. The number of hydrogen-bond donors (Lipinski definition) is 0. The molecule has 0 heterocycles. The fourth-order valence-electron chi connectivity index (χ4n) is 2.75. The minimum absolute atomic E-state index is 0. The van der Waals surface area contributed by atoms with Crippen molar-refractivity contribution in [2.24, 2.45) is 21.7 Å². The van der Waals surface area contributed by atoms with Crippen LogP contribution in [0, 0.1) is 21.7 Å². The van der Waals surface area contributed by atoms with Gasteiger partial charge in [-0.1, -0.05) is 176 Å². The monoisotopic (exact) mass is 623 g/mol. The molecule has 246 valence electrons. The van der Waals surface area contributed by atoms with E-state index in [2.05, 4.69) is 110 Å². The second-order valence-electron chi connectivity index (χ2n) is 11.6. The molecule has 0 saturated heterocycles. The molecule has 0 unspecified atom stereocenters. The average Bonchev–Trinajstić information content (AvgIpc) is 2.84. The highest BCUT2D eigenvalue weighted by molar-refractivity contribution is 7.59. The molecule has 0 N–H and O–H groups in total. The van der Waals surface area contributed by atoms with Crippen LogP contribution in [-0.4, -0.2) is 0 Å². The Bertz CT molecular complexity index is 379. The molecule has 0 aromatic carbocycles. The maximum absolute atomic E-state index is 3.77. The van der Waals surface area contributed by atoms with Crippen LogP contribution in [0.25, 0.3) is 0 Å². The van der Waals surface area contributed by atoms with Gasteiger partial charge in [-0.05, 0) is 40.9 Å². The van der Waals surface area contributed by atoms with Gasteiger partial charge < -0.3 is 0 Å². The van der Waals surface area contributed by atoms with E-state index in [1.54, 1.807) is 0 Å². The van der Waals surface area contributed by atoms with Gasteiger partial charge in [0.25, 0.3) is 0 Å². The molecule has 0 aromatic rings. The summed E-state index contributed by atoms with van der Waals surface area (Å²) in [6.45, 7) is 37.9. The van der Waals surface area contributed by atoms with Crippen LogP contribution in [-0.2, 0) is 0 Å². The second kappa shape index (κ2) is 38.1. The van der Waals surface area contributed by atoms with Crippen LogP contribution in [0.1, 0.15) is 189 Å². The predicted molar refractivity (Wildman–Crippen MR) is 211 cm³/mol. The molecule has 0 aliphatic rings. The fourth-order valence-corrected chi connectivity index (χ4v) is 2.75. The first-order chi connectivity index (χ1) is 14.7. The Morgan fingerprint density at radius 1 is 0.447 bits per heavy atom. The molecule has 0 spiro atoms. The average molecular weight is 623 g/mol. The molecular formula is C34H86S4. The Balaban J connectivity index is -0.0000000328. The van der Waals surface area contributed by atoms with Crippen molar-refractivity contribution in [2.75, 3.05) is 0 Å². The Morgan fingerprint density at radius 2 is 0.711 bits per heavy atom. The number of allylic oxidation sites excluding steroid dienone is 1. The molecule has 0 atom stereocenters. The summed E-state index contributed by atoms with van der Waals surface area (Å²) in [6, 6.07) is 0. The van der Waals surface area contributed by atoms with Crippen LogP contribution in [0.3, 0.4) is 0 Å². The summed E-state index contributed by atoms with van der Waals surface area (Å²) in [5.41, 5.74) is 2.23. The zero-order chi connectivity index (χ0) is 26.5. The first-order valence-electron chi connectivity index (χ1n) is 14.3. The van der Waals surface area contributed by atoms with Gasteiger partial charge in [-0.2, -0.15) is 54.0 Å². The molecule has 0 bridgehead atoms. The summed E-state index contributed by atoms with van der Waals surface area (Å²) >= 11 is 0. The third-order valence-corrected chi connectivity index (χ3v) is 9.14. The summed E-state index contributed by atoms with van der Waals surface area (Å²) in [7, 11) is 0. The van der Waals surface area contributed by atoms with E-state index in [1.807, 2.05) is 6.08 Å². The third-order valence-electron chi connectivity index (χ3n) is 9.14. The van der Waals surface area contributed by atoms with Crippen LogP contribution in [0.4, 0.5) is 0 Å². The highest BCUT2D eigenvalue weighted by atomic mass is 32.1. The Morgan fingerprint density at radius 3 is 0.737 bits per heavy atom. The van der Waals surface area contributed by atoms with E-state index >= 15 is 0 Å². The molecule has 0 radical (unpaired) electrons. The van der Waals surface area contributed by atoms with Gasteiger partial charge in [-0.3, -0.25) is 0 Å². The molecule has 4 heteroatoms. The van der Waals surface area contributed by atoms with E-state index in [4.69, 9.17) is 0 Å². The van der Waals surface area contributed by atoms with E-state index in [9.17, 15) is 0 Å². The van der Waals surface area contributed by atoms with Crippen LogP contribution in [0.2, 0.25) is 0 Å². The highest BCUT2D eigenvalue weighted by Crippen LogP contribution is 2.30. The van der Waals surface area contributed by atoms with Gasteiger partial charge in [0.2, 0.25) is 0 Å². The van der Waals surface area contributed by atoms with Crippen molar-refractivity contribution in [3.8, 4) is 0 Å². The number of rotatable bonds is 12. The minimum Gasteiger partial charge on any atom is -0.197 e. The summed E-state index contributed by atoms with van der Waals surface area (Å²) in [4.78, 5) is 0. The molecule has 0 amide bonds. The lowest BCUT2D eigenvalue weighted by Crippen LogP contribution is -2.12. The Kier molecular flexibility index (Phi) is 67.3. The summed E-state index contributed by atoms with van der Waals surface area (Å²) in [6.07, 6.45) is 16.4. The first-order valence-corrected chi connectivity index (χ1v) is 14.3. The third kappa shape index (κ3) is 39.3. The maximum Gasteiger partial charge on any atom is -0.0154 e. The van der Waals surface area contributed by atoms with Gasteiger partial charge in [0.05, 0.1) is 0 Å². The van der Waals surface area contributed by atoms with E-state index < -0.39 is 0 Å². The molecule has 0 aliphatic carbocycles. The van der Waals surface area contributed by atoms with E-state index in [0.717, 1.165) is 0 Å². The van der Waals surface area contributed by atoms with Crippen molar-refractivity contribution in [3.63, 3.8) is 0 Å². The van der Waals surface area contributed by atoms with E-state index in [0.29, 0.717) is 21.7 Å². The van der Waals surface area contributed by atoms with Crippen molar-refractivity contribution in [1.82, 2.24) is 0 Å². The minimum atomic E-state index is 0. The van der Waals surface area contributed by atoms with Crippen molar-refractivity contribution >= 4 is 54.0 Å². The summed E-state index contributed by atoms with van der Waals surface area (Å²) in [5, 5.41) is 0. The topological polar surface area (TPSA) is 0 Å². The second-order valence-corrected chi connectivity index (χ2v) is 11.6. The lowest BCUT2D eigenvalue weighted by atomic mass is 9.81. The van der Waals surface area contributed by atoms with Crippen molar-refractivity contribution in [2.45, 2.75) is 189 Å². The standard InChI is InChI=1S/C9H20.C8H18.C8H16.C7H16.2CH4.4H2S/c1-5-8-9(4,6-2)7-3;2*1-5-8(4,6-2)7-3;1-5-7(3,4)6-2;;;;;;/h5-8H2,1-4H3;5-7H2,1-4H3;5H,1,6-7H2,2-4H3;5-6H2,1-4H3;2*1H4;4*1H2. The summed E-state index contributed by atoms with van der Waals surface area (Å²) in [5.74, 6) is 0. The molecule has 38 heavy (non-hydrogen) atoms. The fraction of sp³-hybridized carbons (Fsp3) is 0.941. The SMILES string of the molecule is C.C.C=CC(C)(CC)CC.CCC(C)(C)CC.CCC(C)(CC)CC.CCCC(C)(CC)CC.S.S.S.S. The van der Waals surface area contributed by atoms with Crippen LogP contribution < -0.4 is 0 Å². The van der Waals surface area contributed by atoms with Crippen LogP contribution >= 0.6 is 54.0 Å². The van der Waals surface area contributed by atoms with E-state index in [1.165, 1.54) is 70.6 Å². The molecule has 0 fully saturated rings. The first kappa shape index (κ1) is 67.1. The normalized spacial score (nSPS) is 9.97. The van der Waals surface area contributed by atoms with Gasteiger partial charge in [-0.25, -0.2) is 0 Å². The zero-order valence-corrected chi connectivity index (χ0v) is 32.1. The van der Waals surface area contributed by atoms with E-state index in [-0.39, 0.29) is 68.8 Å². The van der Waals surface area contributed by atoms with Crippen LogP contribution in [0.15, 0.2) is 12.7 Å².